The highest BCUT2D eigenvalue weighted by atomic mass is 16.3. The highest BCUT2D eigenvalue weighted by Gasteiger charge is 2.17. The molecule has 3 aromatic rings. The van der Waals surface area contributed by atoms with Gasteiger partial charge < -0.3 is 20.6 Å². The second-order valence-electron chi connectivity index (χ2n) is 8.03. The Morgan fingerprint density at radius 3 is 2.52 bits per heavy atom. The van der Waals surface area contributed by atoms with E-state index in [1.807, 2.05) is 37.3 Å². The Hall–Kier alpha value is -3.96. The largest absolute Gasteiger partial charge is 0.393 e. The molecule has 1 aliphatic rings. The maximum Gasteiger partial charge on any atom is 0.252 e. The van der Waals surface area contributed by atoms with Crippen molar-refractivity contribution in [2.45, 2.75) is 25.9 Å². The minimum Gasteiger partial charge on any atom is -0.393 e. The number of anilines is 3. The number of benzene rings is 2. The number of nitriles is 1. The van der Waals surface area contributed by atoms with Crippen molar-refractivity contribution in [2.75, 3.05) is 29.9 Å². The van der Waals surface area contributed by atoms with Crippen LogP contribution in [0.3, 0.4) is 0 Å². The number of aliphatic hydroxyl groups excluding tert-OH is 1. The highest BCUT2D eigenvalue weighted by Crippen LogP contribution is 2.25. The van der Waals surface area contributed by atoms with E-state index in [1.54, 1.807) is 18.3 Å². The van der Waals surface area contributed by atoms with E-state index in [9.17, 15) is 9.90 Å². The Balaban J connectivity index is 1.46. The summed E-state index contributed by atoms with van der Waals surface area (Å²) in [4.78, 5) is 23.4. The molecule has 0 atom stereocenters. The van der Waals surface area contributed by atoms with E-state index in [1.165, 1.54) is 0 Å². The van der Waals surface area contributed by atoms with Crippen LogP contribution in [0.2, 0.25) is 0 Å². The van der Waals surface area contributed by atoms with E-state index in [4.69, 9.17) is 5.26 Å². The van der Waals surface area contributed by atoms with Crippen LogP contribution < -0.4 is 15.5 Å². The van der Waals surface area contributed by atoms with Crippen molar-refractivity contribution in [2.24, 2.45) is 0 Å². The first-order valence-corrected chi connectivity index (χ1v) is 10.9. The van der Waals surface area contributed by atoms with Crippen molar-refractivity contribution in [3.8, 4) is 17.3 Å². The van der Waals surface area contributed by atoms with Crippen LogP contribution in [0.15, 0.2) is 54.7 Å². The number of carbonyl (C=O) groups is 1. The zero-order valence-electron chi connectivity index (χ0n) is 18.5. The fourth-order valence-corrected chi connectivity index (χ4v) is 3.80. The predicted octanol–water partition coefficient (Wildman–Crippen LogP) is 3.41. The molecule has 0 saturated carbocycles. The van der Waals surface area contributed by atoms with Gasteiger partial charge in [0.05, 0.1) is 17.9 Å². The summed E-state index contributed by atoms with van der Waals surface area (Å²) in [6.45, 7) is 3.63. The third-order valence-electron chi connectivity index (χ3n) is 5.67. The lowest BCUT2D eigenvalue weighted by molar-refractivity contribution is 0.0958. The van der Waals surface area contributed by atoms with Crippen molar-refractivity contribution < 1.29 is 9.90 Å². The number of carbonyl (C=O) groups excluding carboxylic acids is 1. The molecule has 1 amide bonds. The van der Waals surface area contributed by atoms with Crippen molar-refractivity contribution in [1.29, 1.82) is 5.26 Å². The lowest BCUT2D eigenvalue weighted by Gasteiger charge is -2.31. The average Bonchev–Trinajstić information content (AvgIpc) is 2.85. The normalized spacial score (nSPS) is 13.9. The topological polar surface area (TPSA) is 114 Å². The number of nitrogens with one attached hydrogen (secondary N) is 2. The molecule has 168 valence electrons. The predicted molar refractivity (Wildman–Crippen MR) is 127 cm³/mol. The Morgan fingerprint density at radius 2 is 1.85 bits per heavy atom. The molecule has 0 radical (unpaired) electrons. The first kappa shape index (κ1) is 22.2. The number of rotatable bonds is 6. The quantitative estimate of drug-likeness (QED) is 0.501. The minimum atomic E-state index is -0.283. The van der Waals surface area contributed by atoms with Crippen molar-refractivity contribution in [1.82, 2.24) is 15.3 Å². The smallest absolute Gasteiger partial charge is 0.252 e. The highest BCUT2D eigenvalue weighted by molar-refractivity contribution is 5.94. The molecule has 0 bridgehead atoms. The van der Waals surface area contributed by atoms with Gasteiger partial charge in [0.2, 0.25) is 5.95 Å². The van der Waals surface area contributed by atoms with Crippen LogP contribution in [0.5, 0.6) is 0 Å². The molecule has 3 N–H and O–H groups in total. The molecule has 1 aliphatic heterocycles. The van der Waals surface area contributed by atoms with Crippen molar-refractivity contribution >= 4 is 23.2 Å². The molecular formula is C25H26N6O2. The van der Waals surface area contributed by atoms with E-state index in [2.05, 4.69) is 37.6 Å². The number of aliphatic hydroxyl groups is 1. The van der Waals surface area contributed by atoms with E-state index in [0.29, 0.717) is 11.5 Å². The summed E-state index contributed by atoms with van der Waals surface area (Å²) in [6, 6.07) is 17.1. The molecule has 2 aromatic carbocycles. The van der Waals surface area contributed by atoms with Gasteiger partial charge in [-0.15, -0.1) is 0 Å². The van der Waals surface area contributed by atoms with E-state index < -0.39 is 0 Å². The standard InChI is InChI=1S/C25H26N6O2/c1-17-16-28-25(29-20-6-8-21(9-7-20)31-14-10-22(32)11-15-31)30-23(17)18-2-4-19(5-3-18)24(33)27-13-12-26/h2-9,16,22,32H,10-11,13-15H2,1H3,(H,27,33)(H,28,29,30). The SMILES string of the molecule is Cc1cnc(Nc2ccc(N3CCC(O)CC3)cc2)nc1-c1ccc(C(=O)NCC#N)cc1. The summed E-state index contributed by atoms with van der Waals surface area (Å²) in [7, 11) is 0. The zero-order valence-corrected chi connectivity index (χ0v) is 18.5. The second-order valence-corrected chi connectivity index (χ2v) is 8.03. The van der Waals surface area contributed by atoms with Crippen LogP contribution in [0, 0.1) is 18.3 Å². The average molecular weight is 443 g/mol. The molecule has 4 rings (SSSR count). The van der Waals surface area contributed by atoms with Gasteiger partial charge in [-0.2, -0.15) is 5.26 Å². The lowest BCUT2D eigenvalue weighted by atomic mass is 10.1. The van der Waals surface area contributed by atoms with E-state index >= 15 is 0 Å². The molecule has 1 fully saturated rings. The lowest BCUT2D eigenvalue weighted by Crippen LogP contribution is -2.35. The Morgan fingerprint density at radius 1 is 1.15 bits per heavy atom. The monoisotopic (exact) mass is 442 g/mol. The molecule has 0 unspecified atom stereocenters. The van der Waals surface area contributed by atoms with Gasteiger partial charge in [-0.3, -0.25) is 4.79 Å². The molecule has 0 aliphatic carbocycles. The van der Waals surface area contributed by atoms with Crippen molar-refractivity contribution in [3.05, 3.63) is 65.9 Å². The van der Waals surface area contributed by atoms with Gasteiger partial charge in [0, 0.05) is 41.8 Å². The van der Waals surface area contributed by atoms with Crippen LogP contribution in [0.25, 0.3) is 11.3 Å². The van der Waals surface area contributed by atoms with Crippen LogP contribution in [0.4, 0.5) is 17.3 Å². The van der Waals surface area contributed by atoms with Gasteiger partial charge in [-0.25, -0.2) is 9.97 Å². The van der Waals surface area contributed by atoms with Gasteiger partial charge in [0.15, 0.2) is 0 Å². The molecule has 33 heavy (non-hydrogen) atoms. The molecular weight excluding hydrogens is 416 g/mol. The third kappa shape index (κ3) is 5.45. The Bertz CT molecular complexity index is 1150. The van der Waals surface area contributed by atoms with Gasteiger partial charge in [-0.1, -0.05) is 12.1 Å². The molecule has 8 nitrogen and oxygen atoms in total. The maximum atomic E-state index is 12.0. The number of amides is 1. The van der Waals surface area contributed by atoms with Gasteiger partial charge in [0.1, 0.15) is 6.54 Å². The molecule has 0 spiro atoms. The number of hydrogen-bond donors (Lipinski definition) is 3. The summed E-state index contributed by atoms with van der Waals surface area (Å²) in [5.74, 6) is 0.203. The van der Waals surface area contributed by atoms with E-state index in [-0.39, 0.29) is 18.6 Å². The number of aromatic nitrogens is 2. The zero-order chi connectivity index (χ0) is 23.2. The van der Waals surface area contributed by atoms with E-state index in [0.717, 1.165) is 54.1 Å². The van der Waals surface area contributed by atoms with Gasteiger partial charge >= 0.3 is 0 Å². The summed E-state index contributed by atoms with van der Waals surface area (Å²) in [5.41, 5.74) is 5.08. The summed E-state index contributed by atoms with van der Waals surface area (Å²) < 4.78 is 0. The van der Waals surface area contributed by atoms with Gasteiger partial charge in [-0.05, 0) is 61.7 Å². The minimum absolute atomic E-state index is 0.0250. The second kappa shape index (κ2) is 10.1. The number of nitrogens with zero attached hydrogens (tertiary/aromatic N) is 4. The van der Waals surface area contributed by atoms with Crippen LogP contribution in [0.1, 0.15) is 28.8 Å². The molecule has 1 saturated heterocycles. The maximum absolute atomic E-state index is 12.0. The first-order chi connectivity index (χ1) is 16.0. The Kier molecular flexibility index (Phi) is 6.81. The fraction of sp³-hybridized carbons (Fsp3) is 0.280. The summed E-state index contributed by atoms with van der Waals surface area (Å²) in [6.07, 6.45) is 3.18. The van der Waals surface area contributed by atoms with Crippen LogP contribution >= 0.6 is 0 Å². The Labute approximate surface area is 192 Å². The molecule has 1 aromatic heterocycles. The first-order valence-electron chi connectivity index (χ1n) is 10.9. The van der Waals surface area contributed by atoms with Crippen LogP contribution in [-0.4, -0.2) is 46.7 Å². The van der Waals surface area contributed by atoms with Gasteiger partial charge in [0.25, 0.3) is 5.91 Å². The summed E-state index contributed by atoms with van der Waals surface area (Å²) >= 11 is 0. The van der Waals surface area contributed by atoms with Crippen LogP contribution in [-0.2, 0) is 0 Å². The summed E-state index contributed by atoms with van der Waals surface area (Å²) in [5, 5.41) is 24.1. The fourth-order valence-electron chi connectivity index (χ4n) is 3.80. The number of aryl methyl sites for hydroxylation is 1. The molecule has 2 heterocycles. The number of piperidine rings is 1. The van der Waals surface area contributed by atoms with Crippen molar-refractivity contribution in [3.63, 3.8) is 0 Å². The third-order valence-corrected chi connectivity index (χ3v) is 5.67. The number of hydrogen-bond acceptors (Lipinski definition) is 7. The molecule has 8 heteroatoms.